The van der Waals surface area contributed by atoms with Crippen LogP contribution in [0.4, 0.5) is 5.13 Å². The number of nitrogens with one attached hydrogen (secondary N) is 1. The molecule has 2 rings (SSSR count). The molecule has 98 valence electrons. The maximum Gasteiger partial charge on any atom is 0.185 e. The first-order valence-corrected chi connectivity index (χ1v) is 7.74. The predicted molar refractivity (Wildman–Crippen MR) is 80.8 cm³/mol. The highest BCUT2D eigenvalue weighted by Gasteiger charge is 2.15. The molecule has 2 heterocycles. The number of hydrogen-bond donors (Lipinski definition) is 1. The van der Waals surface area contributed by atoms with Gasteiger partial charge < -0.3 is 10.2 Å². The van der Waals surface area contributed by atoms with E-state index in [1.807, 2.05) is 7.05 Å². The molecule has 1 unspecified atom stereocenters. The normalized spacial score (nSPS) is 12.7. The van der Waals surface area contributed by atoms with Gasteiger partial charge >= 0.3 is 0 Å². The van der Waals surface area contributed by atoms with Gasteiger partial charge in [-0.05, 0) is 43.3 Å². The smallest absolute Gasteiger partial charge is 0.185 e. The Morgan fingerprint density at radius 3 is 2.89 bits per heavy atom. The van der Waals surface area contributed by atoms with Crippen LogP contribution in [-0.4, -0.2) is 19.1 Å². The van der Waals surface area contributed by atoms with Crippen LogP contribution in [0.2, 0.25) is 0 Å². The molecule has 18 heavy (non-hydrogen) atoms. The maximum absolute atomic E-state index is 4.67. The van der Waals surface area contributed by atoms with Crippen molar-refractivity contribution >= 4 is 27.8 Å². The van der Waals surface area contributed by atoms with E-state index in [1.165, 1.54) is 10.4 Å². The molecular formula is C13H19N3S2. The van der Waals surface area contributed by atoms with E-state index >= 15 is 0 Å². The fraction of sp³-hybridized carbons (Fsp3) is 0.462. The van der Waals surface area contributed by atoms with Crippen LogP contribution in [0.15, 0.2) is 16.8 Å². The Labute approximate surface area is 116 Å². The van der Waals surface area contributed by atoms with Gasteiger partial charge in [-0.3, -0.25) is 0 Å². The van der Waals surface area contributed by atoms with Gasteiger partial charge in [0.2, 0.25) is 0 Å². The van der Waals surface area contributed by atoms with Gasteiger partial charge in [-0.15, -0.1) is 11.3 Å². The standard InChI is InChI=1S/C13H19N3S2/c1-9(14-3)12-10(2)15-13(18-12)16(4)7-11-5-6-17-8-11/h5-6,8-9,14H,7H2,1-4H3. The fourth-order valence-corrected chi connectivity index (χ4v) is 3.56. The summed E-state index contributed by atoms with van der Waals surface area (Å²) in [5.41, 5.74) is 2.48. The zero-order chi connectivity index (χ0) is 13.1. The molecule has 0 fully saturated rings. The number of nitrogens with zero attached hydrogens (tertiary/aromatic N) is 2. The molecular weight excluding hydrogens is 262 g/mol. The molecule has 3 nitrogen and oxygen atoms in total. The van der Waals surface area contributed by atoms with Crippen molar-refractivity contribution in [1.29, 1.82) is 0 Å². The van der Waals surface area contributed by atoms with Crippen molar-refractivity contribution in [2.75, 3.05) is 19.0 Å². The second-order valence-corrected chi connectivity index (χ2v) is 6.23. The Balaban J connectivity index is 2.13. The minimum atomic E-state index is 0.366. The number of thiazole rings is 1. The molecule has 0 spiro atoms. The largest absolute Gasteiger partial charge is 0.347 e. The third kappa shape index (κ3) is 2.91. The highest BCUT2D eigenvalue weighted by molar-refractivity contribution is 7.15. The van der Waals surface area contributed by atoms with E-state index in [9.17, 15) is 0 Å². The monoisotopic (exact) mass is 281 g/mol. The lowest BCUT2D eigenvalue weighted by molar-refractivity contribution is 0.658. The third-order valence-corrected chi connectivity index (χ3v) is 5.16. The maximum atomic E-state index is 4.67. The van der Waals surface area contributed by atoms with E-state index in [0.29, 0.717) is 6.04 Å². The molecule has 1 atom stereocenters. The molecule has 0 amide bonds. The van der Waals surface area contributed by atoms with Crippen molar-refractivity contribution in [3.8, 4) is 0 Å². The van der Waals surface area contributed by atoms with E-state index in [0.717, 1.165) is 17.4 Å². The zero-order valence-corrected chi connectivity index (χ0v) is 12.9. The number of rotatable bonds is 5. The highest BCUT2D eigenvalue weighted by Crippen LogP contribution is 2.30. The summed E-state index contributed by atoms with van der Waals surface area (Å²) in [7, 11) is 4.09. The van der Waals surface area contributed by atoms with Crippen molar-refractivity contribution in [1.82, 2.24) is 10.3 Å². The molecule has 2 aromatic rings. The first-order chi connectivity index (χ1) is 8.61. The molecule has 1 N–H and O–H groups in total. The summed E-state index contributed by atoms with van der Waals surface area (Å²) < 4.78 is 0. The molecule has 0 saturated heterocycles. The second-order valence-electron chi connectivity index (χ2n) is 4.44. The molecule has 0 aliphatic rings. The Morgan fingerprint density at radius 1 is 1.50 bits per heavy atom. The van der Waals surface area contributed by atoms with Crippen molar-refractivity contribution < 1.29 is 0 Å². The molecule has 0 radical (unpaired) electrons. The lowest BCUT2D eigenvalue weighted by atomic mass is 10.2. The highest BCUT2D eigenvalue weighted by atomic mass is 32.1. The van der Waals surface area contributed by atoms with Crippen LogP contribution >= 0.6 is 22.7 Å². The van der Waals surface area contributed by atoms with Crippen molar-refractivity contribution in [2.45, 2.75) is 26.4 Å². The van der Waals surface area contributed by atoms with Crippen molar-refractivity contribution in [3.05, 3.63) is 33.0 Å². The van der Waals surface area contributed by atoms with E-state index < -0.39 is 0 Å². The van der Waals surface area contributed by atoms with Gasteiger partial charge in [0.1, 0.15) is 0 Å². The van der Waals surface area contributed by atoms with Gasteiger partial charge in [-0.2, -0.15) is 11.3 Å². The number of aromatic nitrogens is 1. The van der Waals surface area contributed by atoms with Gasteiger partial charge in [0.25, 0.3) is 0 Å². The average Bonchev–Trinajstić information content (AvgIpc) is 2.97. The summed E-state index contributed by atoms with van der Waals surface area (Å²) in [6.07, 6.45) is 0. The van der Waals surface area contributed by atoms with Crippen LogP contribution in [0.3, 0.4) is 0 Å². The molecule has 2 aromatic heterocycles. The summed E-state index contributed by atoms with van der Waals surface area (Å²) in [6.45, 7) is 5.18. The van der Waals surface area contributed by atoms with Gasteiger partial charge in [0, 0.05) is 24.5 Å². The summed E-state index contributed by atoms with van der Waals surface area (Å²) in [6, 6.07) is 2.53. The molecule has 0 aromatic carbocycles. The van der Waals surface area contributed by atoms with Crippen LogP contribution < -0.4 is 10.2 Å². The Kier molecular flexibility index (Phi) is 4.37. The van der Waals surface area contributed by atoms with Crippen LogP contribution in [0.25, 0.3) is 0 Å². The topological polar surface area (TPSA) is 28.2 Å². The van der Waals surface area contributed by atoms with Crippen molar-refractivity contribution in [2.24, 2.45) is 0 Å². The first kappa shape index (κ1) is 13.5. The second kappa shape index (κ2) is 5.82. The lowest BCUT2D eigenvalue weighted by Crippen LogP contribution is -2.15. The molecule has 0 bridgehead atoms. The number of thiophene rings is 1. The Bertz CT molecular complexity index is 490. The number of anilines is 1. The van der Waals surface area contributed by atoms with Crippen LogP contribution in [0.1, 0.15) is 29.1 Å². The minimum absolute atomic E-state index is 0.366. The van der Waals surface area contributed by atoms with Gasteiger partial charge in [0.15, 0.2) is 5.13 Å². The van der Waals surface area contributed by atoms with Crippen LogP contribution in [0, 0.1) is 6.92 Å². The third-order valence-electron chi connectivity index (χ3n) is 2.97. The zero-order valence-electron chi connectivity index (χ0n) is 11.2. The summed E-state index contributed by atoms with van der Waals surface area (Å²) in [5.74, 6) is 0. The lowest BCUT2D eigenvalue weighted by Gasteiger charge is -2.14. The first-order valence-electron chi connectivity index (χ1n) is 5.98. The predicted octanol–water partition coefficient (Wildman–Crippen LogP) is 3.43. The summed E-state index contributed by atoms with van der Waals surface area (Å²) in [5, 5.41) is 8.67. The van der Waals surface area contributed by atoms with Crippen LogP contribution in [0.5, 0.6) is 0 Å². The van der Waals surface area contributed by atoms with E-state index in [4.69, 9.17) is 0 Å². The SMILES string of the molecule is CNC(C)c1sc(N(C)Cc2ccsc2)nc1C. The molecule has 0 aliphatic carbocycles. The average molecular weight is 281 g/mol. The quantitative estimate of drug-likeness (QED) is 0.910. The Morgan fingerprint density at radius 2 is 2.28 bits per heavy atom. The van der Waals surface area contributed by atoms with E-state index in [-0.39, 0.29) is 0 Å². The summed E-state index contributed by atoms with van der Waals surface area (Å²) in [4.78, 5) is 8.21. The minimum Gasteiger partial charge on any atom is -0.347 e. The molecule has 5 heteroatoms. The Hall–Kier alpha value is -0.910. The van der Waals surface area contributed by atoms with Crippen LogP contribution in [-0.2, 0) is 6.54 Å². The fourth-order valence-electron chi connectivity index (χ4n) is 1.81. The van der Waals surface area contributed by atoms with Crippen molar-refractivity contribution in [3.63, 3.8) is 0 Å². The molecule has 0 saturated carbocycles. The molecule has 0 aliphatic heterocycles. The van der Waals surface area contributed by atoms with Gasteiger partial charge in [0.05, 0.1) is 5.69 Å². The summed E-state index contributed by atoms with van der Waals surface area (Å²) >= 11 is 3.52. The van der Waals surface area contributed by atoms with Gasteiger partial charge in [-0.25, -0.2) is 4.98 Å². The van der Waals surface area contributed by atoms with E-state index in [1.54, 1.807) is 22.7 Å². The van der Waals surface area contributed by atoms with Gasteiger partial charge in [-0.1, -0.05) is 0 Å². The number of aryl methyl sites for hydroxylation is 1. The number of hydrogen-bond acceptors (Lipinski definition) is 5. The van der Waals surface area contributed by atoms with E-state index in [2.05, 4.69) is 52.9 Å².